The van der Waals surface area contributed by atoms with E-state index in [9.17, 15) is 14.4 Å². The molecule has 0 aliphatic carbocycles. The maximum Gasteiger partial charge on any atom is 0.265 e. The molecule has 0 radical (unpaired) electrons. The summed E-state index contributed by atoms with van der Waals surface area (Å²) >= 11 is 0. The van der Waals surface area contributed by atoms with Gasteiger partial charge in [0, 0.05) is 24.5 Å². The minimum absolute atomic E-state index is 0.275. The predicted molar refractivity (Wildman–Crippen MR) is 96.7 cm³/mol. The Hall–Kier alpha value is -3.48. The Balaban J connectivity index is 1.90. The molecule has 0 aliphatic rings. The van der Waals surface area contributed by atoms with Crippen molar-refractivity contribution in [3.05, 3.63) is 98.3 Å². The SMILES string of the molecule is Cc1ccccc1C(NC(=O)Cn1[nH]c(=O)ccc1=O)c1ccncc1. The van der Waals surface area contributed by atoms with Gasteiger partial charge in [-0.2, -0.15) is 0 Å². The average Bonchev–Trinajstić information content (AvgIpc) is 2.64. The quantitative estimate of drug-likeness (QED) is 0.721. The molecule has 0 saturated carbocycles. The van der Waals surface area contributed by atoms with E-state index in [1.165, 1.54) is 0 Å². The lowest BCUT2D eigenvalue weighted by atomic mass is 9.95. The number of pyridine rings is 1. The maximum absolute atomic E-state index is 12.5. The van der Waals surface area contributed by atoms with Gasteiger partial charge in [-0.3, -0.25) is 24.5 Å². The number of carbonyl (C=O) groups is 1. The molecule has 0 aliphatic heterocycles. The summed E-state index contributed by atoms with van der Waals surface area (Å²) in [4.78, 5) is 39.7. The van der Waals surface area contributed by atoms with Crippen LogP contribution < -0.4 is 16.4 Å². The van der Waals surface area contributed by atoms with Gasteiger partial charge in [0.15, 0.2) is 0 Å². The number of rotatable bonds is 5. The molecule has 0 bridgehead atoms. The first-order valence-corrected chi connectivity index (χ1v) is 8.09. The molecule has 0 spiro atoms. The molecule has 7 nitrogen and oxygen atoms in total. The molecule has 0 saturated heterocycles. The van der Waals surface area contributed by atoms with Crippen LogP contribution in [-0.2, 0) is 11.3 Å². The molecule has 2 heterocycles. The van der Waals surface area contributed by atoms with Crippen LogP contribution in [0, 0.1) is 6.92 Å². The van der Waals surface area contributed by atoms with Crippen LogP contribution in [0.4, 0.5) is 0 Å². The van der Waals surface area contributed by atoms with Crippen molar-refractivity contribution in [1.29, 1.82) is 0 Å². The molecule has 132 valence electrons. The van der Waals surface area contributed by atoms with Crippen LogP contribution in [0.15, 0.2) is 70.5 Å². The molecule has 26 heavy (non-hydrogen) atoms. The smallest absolute Gasteiger partial charge is 0.265 e. The number of benzene rings is 1. The van der Waals surface area contributed by atoms with E-state index in [1.807, 2.05) is 43.3 Å². The standard InChI is InChI=1S/C19H18N4O3/c1-13-4-2-3-5-15(13)19(14-8-10-20-11-9-14)21-17(25)12-23-18(26)7-6-16(24)22-23/h2-11,19H,12H2,1H3,(H,21,25)(H,22,24). The summed E-state index contributed by atoms with van der Waals surface area (Å²) in [6.45, 7) is 1.69. The second-order valence-corrected chi connectivity index (χ2v) is 5.87. The molecule has 1 unspecified atom stereocenters. The van der Waals surface area contributed by atoms with E-state index in [2.05, 4.69) is 15.4 Å². The van der Waals surface area contributed by atoms with E-state index in [4.69, 9.17) is 0 Å². The van der Waals surface area contributed by atoms with Gasteiger partial charge in [-0.1, -0.05) is 24.3 Å². The zero-order valence-corrected chi connectivity index (χ0v) is 14.2. The summed E-state index contributed by atoms with van der Waals surface area (Å²) in [5.41, 5.74) is 1.95. The maximum atomic E-state index is 12.5. The fraction of sp³-hybridized carbons (Fsp3) is 0.158. The molecule has 3 rings (SSSR count). The monoisotopic (exact) mass is 350 g/mol. The summed E-state index contributed by atoms with van der Waals surface area (Å²) in [6.07, 6.45) is 3.32. The van der Waals surface area contributed by atoms with E-state index in [1.54, 1.807) is 12.4 Å². The first kappa shape index (κ1) is 17.3. The Morgan fingerprint density at radius 3 is 2.58 bits per heavy atom. The highest BCUT2D eigenvalue weighted by Crippen LogP contribution is 2.24. The van der Waals surface area contributed by atoms with Crippen LogP contribution in [-0.4, -0.2) is 20.7 Å². The normalized spacial score (nSPS) is 11.7. The second-order valence-electron chi connectivity index (χ2n) is 5.87. The topological polar surface area (TPSA) is 96.9 Å². The first-order chi connectivity index (χ1) is 12.5. The number of nitrogens with zero attached hydrogens (tertiary/aromatic N) is 2. The molecule has 1 aromatic carbocycles. The van der Waals surface area contributed by atoms with Crippen molar-refractivity contribution in [3.63, 3.8) is 0 Å². The van der Waals surface area contributed by atoms with Gasteiger partial charge in [-0.15, -0.1) is 0 Å². The van der Waals surface area contributed by atoms with E-state index in [0.717, 1.165) is 33.5 Å². The molecular weight excluding hydrogens is 332 g/mol. The number of H-pyrrole nitrogens is 1. The van der Waals surface area contributed by atoms with E-state index >= 15 is 0 Å². The Kier molecular flexibility index (Phi) is 5.07. The summed E-state index contributed by atoms with van der Waals surface area (Å²) < 4.78 is 0.985. The number of nitrogens with one attached hydrogen (secondary N) is 2. The van der Waals surface area contributed by atoms with Gasteiger partial charge in [-0.05, 0) is 35.7 Å². The minimum Gasteiger partial charge on any atom is -0.344 e. The van der Waals surface area contributed by atoms with Crippen molar-refractivity contribution >= 4 is 5.91 Å². The summed E-state index contributed by atoms with van der Waals surface area (Å²) in [6, 6.07) is 13.3. The number of aromatic nitrogens is 3. The largest absolute Gasteiger partial charge is 0.344 e. The number of carbonyl (C=O) groups excluding carboxylic acids is 1. The molecule has 0 fully saturated rings. The number of amides is 1. The van der Waals surface area contributed by atoms with Gasteiger partial charge in [-0.25, -0.2) is 4.68 Å². The highest BCUT2D eigenvalue weighted by Gasteiger charge is 2.19. The third-order valence-electron chi connectivity index (χ3n) is 4.03. The molecule has 1 atom stereocenters. The van der Waals surface area contributed by atoms with Crippen LogP contribution in [0.25, 0.3) is 0 Å². The lowest BCUT2D eigenvalue weighted by molar-refractivity contribution is -0.122. The van der Waals surface area contributed by atoms with Crippen molar-refractivity contribution < 1.29 is 4.79 Å². The van der Waals surface area contributed by atoms with Crippen molar-refractivity contribution in [3.8, 4) is 0 Å². The van der Waals surface area contributed by atoms with Gasteiger partial charge in [0.1, 0.15) is 6.54 Å². The third-order valence-corrected chi connectivity index (χ3v) is 4.03. The number of aromatic amines is 1. The van der Waals surface area contributed by atoms with E-state index < -0.39 is 17.2 Å². The second kappa shape index (κ2) is 7.60. The summed E-state index contributed by atoms with van der Waals surface area (Å²) in [5.74, 6) is -0.390. The zero-order chi connectivity index (χ0) is 18.5. The van der Waals surface area contributed by atoms with Crippen molar-refractivity contribution in [2.75, 3.05) is 0 Å². The van der Waals surface area contributed by atoms with Crippen LogP contribution in [0.2, 0.25) is 0 Å². The zero-order valence-electron chi connectivity index (χ0n) is 14.2. The van der Waals surface area contributed by atoms with Crippen molar-refractivity contribution in [2.24, 2.45) is 0 Å². The van der Waals surface area contributed by atoms with Crippen LogP contribution in [0.5, 0.6) is 0 Å². The Labute approximate surface area is 149 Å². The fourth-order valence-corrected chi connectivity index (χ4v) is 2.74. The third kappa shape index (κ3) is 3.94. The molecule has 3 aromatic rings. The highest BCUT2D eigenvalue weighted by molar-refractivity contribution is 5.76. The number of aryl methyl sites for hydroxylation is 1. The Morgan fingerprint density at radius 1 is 1.12 bits per heavy atom. The molecule has 1 amide bonds. The Bertz CT molecular complexity index is 1020. The molecule has 2 aromatic heterocycles. The average molecular weight is 350 g/mol. The fourth-order valence-electron chi connectivity index (χ4n) is 2.74. The lowest BCUT2D eigenvalue weighted by Crippen LogP contribution is -2.37. The van der Waals surface area contributed by atoms with Crippen LogP contribution in [0.1, 0.15) is 22.7 Å². The molecule has 2 N–H and O–H groups in total. The van der Waals surface area contributed by atoms with Gasteiger partial charge in [0.05, 0.1) is 6.04 Å². The molecular formula is C19H18N4O3. The van der Waals surface area contributed by atoms with E-state index in [-0.39, 0.29) is 12.5 Å². The van der Waals surface area contributed by atoms with Crippen LogP contribution in [0.3, 0.4) is 0 Å². The van der Waals surface area contributed by atoms with Gasteiger partial charge >= 0.3 is 0 Å². The van der Waals surface area contributed by atoms with Crippen LogP contribution >= 0.6 is 0 Å². The van der Waals surface area contributed by atoms with Crippen molar-refractivity contribution in [1.82, 2.24) is 20.1 Å². The van der Waals surface area contributed by atoms with Crippen molar-refractivity contribution in [2.45, 2.75) is 19.5 Å². The van der Waals surface area contributed by atoms with E-state index in [0.29, 0.717) is 0 Å². The van der Waals surface area contributed by atoms with Gasteiger partial charge < -0.3 is 5.32 Å². The number of hydrogen-bond acceptors (Lipinski definition) is 4. The predicted octanol–water partition coefficient (Wildman–Crippen LogP) is 1.15. The van der Waals surface area contributed by atoms with Gasteiger partial charge in [0.2, 0.25) is 5.91 Å². The van der Waals surface area contributed by atoms with Gasteiger partial charge in [0.25, 0.3) is 11.1 Å². The number of hydrogen-bond donors (Lipinski definition) is 2. The minimum atomic E-state index is -0.448. The first-order valence-electron chi connectivity index (χ1n) is 8.09. The Morgan fingerprint density at radius 2 is 1.85 bits per heavy atom. The lowest BCUT2D eigenvalue weighted by Gasteiger charge is -2.21. The summed E-state index contributed by atoms with van der Waals surface area (Å²) in [5, 5.41) is 5.29. The summed E-state index contributed by atoms with van der Waals surface area (Å²) in [7, 11) is 0. The highest BCUT2D eigenvalue weighted by atomic mass is 16.2. The molecule has 7 heteroatoms.